The van der Waals surface area contributed by atoms with E-state index in [-0.39, 0.29) is 88.8 Å². The fourth-order valence-electron chi connectivity index (χ4n) is 12.7. The van der Waals surface area contributed by atoms with E-state index in [4.69, 9.17) is 66.3 Å². The number of carbonyl (C=O) groups is 7. The molecule has 2 N–H and O–H groups in total. The van der Waals surface area contributed by atoms with Crippen LogP contribution in [0.2, 0.25) is 0 Å². The molecule has 12 rings (SSSR count). The molecule has 4 saturated heterocycles. The van der Waals surface area contributed by atoms with E-state index < -0.39 is 77.4 Å². The maximum atomic E-state index is 12.7. The standard InChI is InChI=1S/C23H28N2O6.C21H25BrN2O6.C18H20N2O4.C12H21NO4.C10H8BrNO2.2CH4.ClH/c1-7-14-10-15-8-9-16(28-5)11-18(15)24-20(14)30-17-12-19(21(26)29-6)25(13-17)22(27)31-23(2,3)4;1-21(2,3)30-20(26)24-11-14(10-17(24)19(25)28-5)29-18-15(22)8-12-6-7-13(27-4)9-16(12)23-18;1-4-11-7-12-5-6-13(22-2)8-15(12)20-17(11)24-14-9-16(19-10-14)18(21)23-3;1-8-6-9(10(14)16-5)13(7-8)11(15)17-12(2,3)4;1-14-7-3-2-6-4-8(11)10(13)12-9(6)5-7;;;/h7-11,17,19H,1,12-13H2,2-6H3;6-9,14,17H,10-11H2,1-5H3;4-8,14,16,19H,1,9-10H2,2-3H3;8-9H,6-7H2,1-5H3;2-5H,1H3,(H,12,13);2*1H4;1H/t17-,19+;14-,17+;14-,16+;8-,9-;;;;/m1110..../s1. The van der Waals surface area contributed by atoms with Crippen LogP contribution in [0.1, 0.15) is 121 Å². The number of amides is 3. The van der Waals surface area contributed by atoms with Crippen molar-refractivity contribution in [1.29, 1.82) is 0 Å². The highest BCUT2D eigenvalue weighted by molar-refractivity contribution is 9.10. The van der Waals surface area contributed by atoms with Crippen molar-refractivity contribution in [3.63, 3.8) is 0 Å². The number of pyridine rings is 4. The van der Waals surface area contributed by atoms with Crippen molar-refractivity contribution in [3.8, 4) is 40.6 Å². The van der Waals surface area contributed by atoms with Crippen LogP contribution in [0.15, 0.2) is 124 Å². The van der Waals surface area contributed by atoms with Gasteiger partial charge in [0.2, 0.25) is 17.6 Å². The number of ether oxygens (including phenoxy) is 14. The first-order chi connectivity index (χ1) is 54.8. The summed E-state index contributed by atoms with van der Waals surface area (Å²) in [6.07, 6.45) is 2.40. The van der Waals surface area contributed by atoms with Crippen LogP contribution in [-0.2, 0) is 52.3 Å². The highest BCUT2D eigenvalue weighted by atomic mass is 79.9. The van der Waals surface area contributed by atoms with Crippen LogP contribution in [-0.4, -0.2) is 219 Å². The summed E-state index contributed by atoms with van der Waals surface area (Å²) in [7, 11) is 11.7. The van der Waals surface area contributed by atoms with Gasteiger partial charge in [0.1, 0.15) is 82.3 Å². The number of aromatic nitrogens is 4. The molecule has 0 unspecified atom stereocenters. The molecule has 648 valence electrons. The first-order valence-electron chi connectivity index (χ1n) is 37.1. The minimum Gasteiger partial charge on any atom is -0.497 e. The highest BCUT2D eigenvalue weighted by Crippen LogP contribution is 2.36. The number of hydrogen-bond acceptors (Lipinski definition) is 26. The van der Waals surface area contributed by atoms with Crippen molar-refractivity contribution in [1.82, 2.24) is 40.0 Å². The Hall–Kier alpha value is -10.7. The van der Waals surface area contributed by atoms with E-state index in [1.54, 1.807) is 115 Å². The SMILES string of the molecule is C.C.C=Cc1cc2ccc(OC)cc2nc1O[C@@H]1C[C@@H](C(=O)OC)N(C(=O)OC(C)(C)C)C1.C=Cc1cc2ccc(OC)cc2nc1O[C@H]1CN[C@H](C(=O)OC)C1.COC(=O)[C@@H]1C[C@@H](Oc2nc3cc(OC)ccc3cc2Br)CN1C(=O)OC(C)(C)C.COC(=O)[C@@H]1C[C@H](C)CN1C(=O)OC(C)(C)C.COc1ccc2cc(Br)c(=O)[nH]c2c1.Cl. The Bertz CT molecular complexity index is 4950. The van der Waals surface area contributed by atoms with Crippen molar-refractivity contribution in [2.24, 2.45) is 5.92 Å². The molecule has 0 bridgehead atoms. The second-order valence-corrected chi connectivity index (χ2v) is 32.0. The quantitative estimate of drug-likeness (QED) is 0.0670. The zero-order chi connectivity index (χ0) is 85.3. The van der Waals surface area contributed by atoms with E-state index >= 15 is 0 Å². The lowest BCUT2D eigenvalue weighted by molar-refractivity contribution is -0.146. The van der Waals surface area contributed by atoms with Gasteiger partial charge in [0.15, 0.2) is 0 Å². The molecule has 0 spiro atoms. The molecule has 0 radical (unpaired) electrons. The van der Waals surface area contributed by atoms with Crippen molar-refractivity contribution < 1.29 is 99.9 Å². The molecule has 4 aliphatic rings. The topological polar surface area (TPSA) is 342 Å². The van der Waals surface area contributed by atoms with Crippen LogP contribution in [0.25, 0.3) is 55.8 Å². The number of rotatable bonds is 16. The number of methoxy groups -OCH3 is 8. The van der Waals surface area contributed by atoms with Gasteiger partial charge < -0.3 is 76.6 Å². The minimum atomic E-state index is -0.794. The van der Waals surface area contributed by atoms with E-state index in [1.165, 1.54) is 43.1 Å². The van der Waals surface area contributed by atoms with Crippen LogP contribution < -0.4 is 44.0 Å². The van der Waals surface area contributed by atoms with Crippen molar-refractivity contribution >= 4 is 142 Å². The van der Waals surface area contributed by atoms with Crippen LogP contribution in [0, 0.1) is 5.92 Å². The third-order valence-electron chi connectivity index (χ3n) is 18.2. The lowest BCUT2D eigenvalue weighted by atomic mass is 10.1. The van der Waals surface area contributed by atoms with Gasteiger partial charge in [-0.05, 0) is 185 Å². The molecule has 4 aromatic carbocycles. The molecule has 8 heterocycles. The van der Waals surface area contributed by atoms with Gasteiger partial charge in [-0.15, -0.1) is 12.4 Å². The van der Waals surface area contributed by atoms with E-state index in [0.29, 0.717) is 80.6 Å². The van der Waals surface area contributed by atoms with Crippen LogP contribution in [0.5, 0.6) is 40.6 Å². The van der Waals surface area contributed by atoms with E-state index in [9.17, 15) is 38.4 Å². The zero-order valence-corrected chi connectivity index (χ0v) is 72.9. The number of nitrogens with zero attached hydrogens (tertiary/aromatic N) is 6. The minimum absolute atomic E-state index is 0. The highest BCUT2D eigenvalue weighted by Gasteiger charge is 2.46. The molecule has 0 saturated carbocycles. The number of fused-ring (bicyclic) bond motifs is 4. The number of benzene rings is 4. The summed E-state index contributed by atoms with van der Waals surface area (Å²) in [6, 6.07) is 27.5. The molecule has 30 nitrogen and oxygen atoms in total. The number of hydrogen-bond donors (Lipinski definition) is 2. The summed E-state index contributed by atoms with van der Waals surface area (Å²) in [6.45, 7) is 27.2. The maximum Gasteiger partial charge on any atom is 0.411 e. The number of nitrogens with one attached hydrogen (secondary N) is 2. The van der Waals surface area contributed by atoms with Crippen LogP contribution in [0.4, 0.5) is 14.4 Å². The molecule has 0 aliphatic carbocycles. The third-order valence-corrected chi connectivity index (χ3v) is 19.3. The van der Waals surface area contributed by atoms with Gasteiger partial charge in [0.25, 0.3) is 5.56 Å². The molecule has 4 aromatic heterocycles. The predicted molar refractivity (Wildman–Crippen MR) is 463 cm³/mol. The lowest BCUT2D eigenvalue weighted by Crippen LogP contribution is -2.44. The van der Waals surface area contributed by atoms with Gasteiger partial charge in [-0.3, -0.25) is 24.3 Å². The van der Waals surface area contributed by atoms with E-state index in [1.807, 2.05) is 91.9 Å². The maximum absolute atomic E-state index is 12.7. The molecule has 3 amide bonds. The number of H-pyrrole nitrogens is 1. The van der Waals surface area contributed by atoms with Gasteiger partial charge in [-0.25, -0.2) is 43.7 Å². The first kappa shape index (κ1) is 98.9. The number of carbonyl (C=O) groups excluding carboxylic acids is 7. The summed E-state index contributed by atoms with van der Waals surface area (Å²) < 4.78 is 75.6. The largest absolute Gasteiger partial charge is 0.497 e. The molecule has 4 aliphatic heterocycles. The molecule has 8 aromatic rings. The average molecular weight is 1800 g/mol. The van der Waals surface area contributed by atoms with Crippen LogP contribution in [0.3, 0.4) is 0 Å². The van der Waals surface area contributed by atoms with Crippen molar-refractivity contribution in [3.05, 3.63) is 141 Å². The van der Waals surface area contributed by atoms with Gasteiger partial charge in [0, 0.05) is 83.9 Å². The van der Waals surface area contributed by atoms with E-state index in [0.717, 1.165) is 49.6 Å². The number of aromatic amines is 1. The molecular weight excluding hydrogens is 1690 g/mol. The number of likely N-dealkylation sites (tertiary alicyclic amines) is 3. The third kappa shape index (κ3) is 27.2. The fourth-order valence-corrected chi connectivity index (χ4v) is 13.4. The molecule has 33 heteroatoms. The monoisotopic (exact) mass is 1800 g/mol. The Morgan fingerprint density at radius 3 is 1.18 bits per heavy atom. The Labute approximate surface area is 717 Å². The van der Waals surface area contributed by atoms with Gasteiger partial charge >= 0.3 is 42.2 Å². The molecule has 119 heavy (non-hydrogen) atoms. The summed E-state index contributed by atoms with van der Waals surface area (Å²) in [4.78, 5) is 117. The predicted octanol–water partition coefficient (Wildman–Crippen LogP) is 15.7. The fraction of sp³-hybridized carbons (Fsp3) is 0.453. The second-order valence-electron chi connectivity index (χ2n) is 30.3. The number of esters is 4. The molecule has 4 fully saturated rings. The summed E-state index contributed by atoms with van der Waals surface area (Å²) in [5, 5.41) is 6.88. The Balaban J connectivity index is 0.000000270. The summed E-state index contributed by atoms with van der Waals surface area (Å²) in [5.74, 6) is 2.68. The van der Waals surface area contributed by atoms with Crippen LogP contribution >= 0.6 is 44.3 Å². The number of halogens is 3. The molecule has 8 atom stereocenters. The average Bonchev–Trinajstić information content (AvgIpc) is 1.77. The Morgan fingerprint density at radius 1 is 0.445 bits per heavy atom. The second kappa shape index (κ2) is 43.8. The summed E-state index contributed by atoms with van der Waals surface area (Å²) in [5.41, 5.74) is 2.44. The lowest BCUT2D eigenvalue weighted by Gasteiger charge is -2.27. The molecular formula is C86H111Br2ClN8O22. The normalized spacial score (nSPS) is 18.4. The van der Waals surface area contributed by atoms with E-state index in [2.05, 4.69) is 70.3 Å². The Morgan fingerprint density at radius 2 is 0.790 bits per heavy atom. The summed E-state index contributed by atoms with van der Waals surface area (Å²) >= 11 is 6.66. The van der Waals surface area contributed by atoms with Crippen molar-refractivity contribution in [2.45, 2.75) is 169 Å². The van der Waals surface area contributed by atoms with Crippen molar-refractivity contribution in [2.75, 3.05) is 83.1 Å². The Kier molecular flexibility index (Phi) is 36.4. The smallest absolute Gasteiger partial charge is 0.411 e. The zero-order valence-electron chi connectivity index (χ0n) is 68.9. The first-order valence-corrected chi connectivity index (χ1v) is 38.7. The van der Waals surface area contributed by atoms with Gasteiger partial charge in [-0.1, -0.05) is 47.1 Å². The van der Waals surface area contributed by atoms with Gasteiger partial charge in [-0.2, -0.15) is 0 Å². The van der Waals surface area contributed by atoms with Gasteiger partial charge in [0.05, 0.1) is 101 Å².